The highest BCUT2D eigenvalue weighted by Crippen LogP contribution is 2.32. The van der Waals surface area contributed by atoms with Crippen molar-refractivity contribution in [2.24, 2.45) is 5.73 Å². The smallest absolute Gasteiger partial charge is 0.122 e. The largest absolute Gasteiger partial charge is 0.496 e. The van der Waals surface area contributed by atoms with Crippen LogP contribution in [0.4, 0.5) is 0 Å². The molecule has 108 valence electrons. The summed E-state index contributed by atoms with van der Waals surface area (Å²) >= 11 is 0. The van der Waals surface area contributed by atoms with Gasteiger partial charge in [-0.3, -0.25) is 0 Å². The minimum atomic E-state index is 0.0983. The van der Waals surface area contributed by atoms with Crippen LogP contribution in [0.25, 0.3) is 0 Å². The summed E-state index contributed by atoms with van der Waals surface area (Å²) < 4.78 is 11.0. The van der Waals surface area contributed by atoms with Gasteiger partial charge in [0, 0.05) is 11.6 Å². The third-order valence-electron chi connectivity index (χ3n) is 3.49. The second kappa shape index (κ2) is 6.62. The van der Waals surface area contributed by atoms with E-state index in [9.17, 15) is 0 Å². The molecular weight excluding hydrogens is 250 g/mol. The number of rotatable bonds is 6. The van der Waals surface area contributed by atoms with Crippen molar-refractivity contribution in [3.05, 3.63) is 47.1 Å². The molecule has 0 aromatic heterocycles. The molecule has 0 radical (unpaired) electrons. The Morgan fingerprint density at radius 2 is 1.80 bits per heavy atom. The van der Waals surface area contributed by atoms with Gasteiger partial charge in [-0.2, -0.15) is 0 Å². The van der Waals surface area contributed by atoms with Crippen molar-refractivity contribution in [1.29, 1.82) is 0 Å². The van der Waals surface area contributed by atoms with Gasteiger partial charge in [0.1, 0.15) is 11.5 Å². The van der Waals surface area contributed by atoms with Crippen LogP contribution < -0.4 is 15.2 Å². The summed E-state index contributed by atoms with van der Waals surface area (Å²) in [5.41, 5.74) is 9.55. The maximum atomic E-state index is 5.90. The molecule has 0 heterocycles. The number of hydrogen-bond acceptors (Lipinski definition) is 3. The van der Waals surface area contributed by atoms with Gasteiger partial charge in [-0.25, -0.2) is 0 Å². The first kappa shape index (κ1) is 14.7. The second-order valence-electron chi connectivity index (χ2n) is 5.29. The Bertz CT molecular complexity index is 530. The van der Waals surface area contributed by atoms with Crippen molar-refractivity contribution in [1.82, 2.24) is 0 Å². The molecule has 0 amide bonds. The average molecular weight is 273 g/mol. The third kappa shape index (κ3) is 3.42. The lowest BCUT2D eigenvalue weighted by Crippen LogP contribution is -2.18. The molecule has 2 rings (SSSR count). The Morgan fingerprint density at radius 1 is 1.15 bits per heavy atom. The molecule has 0 spiro atoms. The summed E-state index contributed by atoms with van der Waals surface area (Å²) in [6, 6.07) is 4.23. The fourth-order valence-corrected chi connectivity index (χ4v) is 2.54. The van der Waals surface area contributed by atoms with Gasteiger partial charge in [0.15, 0.2) is 0 Å². The lowest BCUT2D eigenvalue weighted by Gasteiger charge is -2.16. The van der Waals surface area contributed by atoms with Gasteiger partial charge < -0.3 is 15.2 Å². The van der Waals surface area contributed by atoms with E-state index in [0.717, 1.165) is 41.9 Å². The van der Waals surface area contributed by atoms with Crippen molar-refractivity contribution in [2.45, 2.75) is 32.2 Å². The molecule has 1 aliphatic rings. The van der Waals surface area contributed by atoms with Crippen LogP contribution in [0.3, 0.4) is 0 Å². The van der Waals surface area contributed by atoms with Crippen LogP contribution in [0.15, 0.2) is 35.9 Å². The lowest BCUT2D eigenvalue weighted by atomic mass is 9.98. The topological polar surface area (TPSA) is 44.5 Å². The molecule has 0 fully saturated rings. The van der Waals surface area contributed by atoms with Crippen molar-refractivity contribution in [2.75, 3.05) is 14.2 Å². The van der Waals surface area contributed by atoms with Gasteiger partial charge in [0.2, 0.25) is 0 Å². The zero-order valence-electron chi connectivity index (χ0n) is 12.5. The van der Waals surface area contributed by atoms with Crippen LogP contribution in [-0.4, -0.2) is 20.3 Å². The van der Waals surface area contributed by atoms with Crippen LogP contribution in [0, 0.1) is 0 Å². The van der Waals surface area contributed by atoms with E-state index in [1.54, 1.807) is 14.2 Å². The lowest BCUT2D eigenvalue weighted by molar-refractivity contribution is 0.394. The first-order chi connectivity index (χ1) is 9.63. The van der Waals surface area contributed by atoms with Gasteiger partial charge in [-0.1, -0.05) is 23.8 Å². The molecule has 3 nitrogen and oxygen atoms in total. The molecule has 1 atom stereocenters. The minimum absolute atomic E-state index is 0.0983. The van der Waals surface area contributed by atoms with Crippen LogP contribution in [0.1, 0.15) is 24.5 Å². The molecule has 0 aliphatic heterocycles. The van der Waals surface area contributed by atoms with E-state index in [1.165, 1.54) is 5.57 Å². The third-order valence-corrected chi connectivity index (χ3v) is 3.49. The predicted molar refractivity (Wildman–Crippen MR) is 82.4 cm³/mol. The molecule has 20 heavy (non-hydrogen) atoms. The Labute approximate surface area is 121 Å². The second-order valence-corrected chi connectivity index (χ2v) is 5.29. The average Bonchev–Trinajstić information content (AvgIpc) is 2.92. The summed E-state index contributed by atoms with van der Waals surface area (Å²) in [5.74, 6) is 1.80. The number of nitrogens with two attached hydrogens (primary N) is 1. The number of benzene rings is 1. The maximum Gasteiger partial charge on any atom is 0.122 e. The van der Waals surface area contributed by atoms with Crippen LogP contribution in [0.5, 0.6) is 11.5 Å². The van der Waals surface area contributed by atoms with Gasteiger partial charge in [-0.05, 0) is 43.9 Å². The summed E-state index contributed by atoms with van der Waals surface area (Å²) in [6.45, 7) is 1.99. The summed E-state index contributed by atoms with van der Waals surface area (Å²) in [4.78, 5) is 0. The Morgan fingerprint density at radius 3 is 2.35 bits per heavy atom. The molecular formula is C17H23NO2. The fraction of sp³-hybridized carbons (Fsp3) is 0.412. The molecule has 1 aromatic rings. The van der Waals surface area contributed by atoms with E-state index >= 15 is 0 Å². The van der Waals surface area contributed by atoms with Crippen molar-refractivity contribution >= 4 is 0 Å². The highest BCUT2D eigenvalue weighted by molar-refractivity contribution is 5.49. The molecule has 0 bridgehead atoms. The summed E-state index contributed by atoms with van der Waals surface area (Å²) in [6.07, 6.45) is 9.14. The van der Waals surface area contributed by atoms with Crippen LogP contribution in [0.2, 0.25) is 0 Å². The molecule has 0 saturated carbocycles. The van der Waals surface area contributed by atoms with E-state index < -0.39 is 0 Å². The van der Waals surface area contributed by atoms with Gasteiger partial charge in [-0.15, -0.1) is 0 Å². The van der Waals surface area contributed by atoms with Crippen LogP contribution in [-0.2, 0) is 12.8 Å². The van der Waals surface area contributed by atoms with Crippen molar-refractivity contribution in [3.8, 4) is 11.5 Å². The Kier molecular flexibility index (Phi) is 4.85. The normalized spacial score (nSPS) is 15.1. The molecule has 1 aliphatic carbocycles. The van der Waals surface area contributed by atoms with E-state index in [1.807, 2.05) is 6.92 Å². The first-order valence-corrected chi connectivity index (χ1v) is 6.98. The van der Waals surface area contributed by atoms with Crippen molar-refractivity contribution in [3.63, 3.8) is 0 Å². The standard InChI is InChI=1S/C17H23NO2/c1-12(18)8-14-10-17(20-3)15(11-16(14)19-2)9-13-6-4-5-7-13/h4-6,10-12H,7-9,18H2,1-3H3/t12-/m1/s1. The number of ether oxygens (including phenoxy) is 2. The van der Waals surface area contributed by atoms with Crippen LogP contribution >= 0.6 is 0 Å². The number of methoxy groups -OCH3 is 2. The highest BCUT2D eigenvalue weighted by atomic mass is 16.5. The Hall–Kier alpha value is -1.74. The number of allylic oxidation sites excluding steroid dienone is 4. The highest BCUT2D eigenvalue weighted by Gasteiger charge is 2.14. The summed E-state index contributed by atoms with van der Waals surface area (Å²) in [5, 5.41) is 0. The molecule has 0 saturated heterocycles. The molecule has 3 heteroatoms. The predicted octanol–water partition coefficient (Wildman–Crippen LogP) is 3.02. The van der Waals surface area contributed by atoms with Gasteiger partial charge in [0.25, 0.3) is 0 Å². The van der Waals surface area contributed by atoms with E-state index in [-0.39, 0.29) is 6.04 Å². The van der Waals surface area contributed by atoms with Gasteiger partial charge >= 0.3 is 0 Å². The molecule has 0 unspecified atom stereocenters. The maximum absolute atomic E-state index is 5.90. The minimum Gasteiger partial charge on any atom is -0.496 e. The fourth-order valence-electron chi connectivity index (χ4n) is 2.54. The SMILES string of the molecule is COc1cc(C[C@@H](C)N)c(OC)cc1CC1=CC=CC1. The van der Waals surface area contributed by atoms with Gasteiger partial charge in [0.05, 0.1) is 14.2 Å². The monoisotopic (exact) mass is 273 g/mol. The molecule has 2 N–H and O–H groups in total. The van der Waals surface area contributed by atoms with Crippen molar-refractivity contribution < 1.29 is 9.47 Å². The first-order valence-electron chi connectivity index (χ1n) is 6.98. The summed E-state index contributed by atoms with van der Waals surface area (Å²) in [7, 11) is 3.41. The van der Waals surface area contributed by atoms with E-state index in [2.05, 4.69) is 30.4 Å². The zero-order valence-corrected chi connectivity index (χ0v) is 12.5. The number of hydrogen-bond donors (Lipinski definition) is 1. The zero-order chi connectivity index (χ0) is 14.5. The van der Waals surface area contributed by atoms with E-state index in [4.69, 9.17) is 15.2 Å². The molecule has 1 aromatic carbocycles. The quantitative estimate of drug-likeness (QED) is 0.866. The van der Waals surface area contributed by atoms with E-state index in [0.29, 0.717) is 0 Å². The Balaban J connectivity index is 2.31.